The molecular formula is C10H13BrN4O. The van der Waals surface area contributed by atoms with Crippen LogP contribution in [0.2, 0.25) is 0 Å². The molecule has 1 fully saturated rings. The molecule has 0 spiro atoms. The molecule has 3 N–H and O–H groups in total. The lowest BCUT2D eigenvalue weighted by molar-refractivity contribution is -0.122. The maximum Gasteiger partial charge on any atom is 0.242 e. The number of nitrogens with one attached hydrogen (secondary N) is 1. The summed E-state index contributed by atoms with van der Waals surface area (Å²) in [6.45, 7) is 3.25. The number of hydrogen-bond acceptors (Lipinski definition) is 4. The quantitative estimate of drug-likeness (QED) is 0.799. The fraction of sp³-hybridized carbons (Fsp3) is 0.400. The second-order valence-corrected chi connectivity index (χ2v) is 4.59. The van der Waals surface area contributed by atoms with Crippen LogP contribution in [0.4, 0.5) is 11.5 Å². The number of hydrogen-bond donors (Lipinski definition) is 2. The molecule has 86 valence electrons. The number of carbonyl (C=O) groups excluding carboxylic acids is 1. The number of pyridine rings is 1. The zero-order valence-corrected chi connectivity index (χ0v) is 10.5. The highest BCUT2D eigenvalue weighted by atomic mass is 79.9. The molecule has 1 aromatic heterocycles. The highest BCUT2D eigenvalue weighted by molar-refractivity contribution is 9.10. The molecule has 1 aromatic rings. The van der Waals surface area contributed by atoms with Crippen LogP contribution in [0.5, 0.6) is 0 Å². The van der Waals surface area contributed by atoms with Crippen molar-refractivity contribution in [3.05, 3.63) is 16.7 Å². The normalized spacial score (nSPS) is 20.8. The first-order valence-electron chi connectivity index (χ1n) is 5.05. The van der Waals surface area contributed by atoms with Crippen LogP contribution in [-0.2, 0) is 4.79 Å². The lowest BCUT2D eigenvalue weighted by atomic mass is 10.2. The van der Waals surface area contributed by atoms with Gasteiger partial charge < -0.3 is 16.0 Å². The van der Waals surface area contributed by atoms with Crippen molar-refractivity contribution >= 4 is 33.3 Å². The van der Waals surface area contributed by atoms with Gasteiger partial charge in [-0.05, 0) is 28.9 Å². The van der Waals surface area contributed by atoms with E-state index in [9.17, 15) is 4.79 Å². The number of aromatic nitrogens is 1. The van der Waals surface area contributed by atoms with Crippen molar-refractivity contribution in [2.75, 3.05) is 23.7 Å². The maximum atomic E-state index is 11.5. The minimum absolute atomic E-state index is 0.0248. The number of piperazine rings is 1. The molecule has 5 nitrogen and oxygen atoms in total. The third kappa shape index (κ3) is 1.97. The van der Waals surface area contributed by atoms with Gasteiger partial charge >= 0.3 is 0 Å². The number of nitrogens with zero attached hydrogens (tertiary/aromatic N) is 2. The third-order valence-electron chi connectivity index (χ3n) is 2.61. The fourth-order valence-electron chi connectivity index (χ4n) is 1.73. The summed E-state index contributed by atoms with van der Waals surface area (Å²) in [6, 6.07) is 1.59. The van der Waals surface area contributed by atoms with Gasteiger partial charge in [0.15, 0.2) is 0 Å². The van der Waals surface area contributed by atoms with Crippen molar-refractivity contribution in [2.45, 2.75) is 13.0 Å². The summed E-state index contributed by atoms with van der Waals surface area (Å²) in [7, 11) is 0. The van der Waals surface area contributed by atoms with Gasteiger partial charge in [0, 0.05) is 13.1 Å². The van der Waals surface area contributed by atoms with Crippen LogP contribution in [-0.4, -0.2) is 30.0 Å². The minimum atomic E-state index is -0.207. The second kappa shape index (κ2) is 4.29. The van der Waals surface area contributed by atoms with Crippen molar-refractivity contribution < 1.29 is 4.79 Å². The van der Waals surface area contributed by atoms with Gasteiger partial charge in [-0.2, -0.15) is 0 Å². The van der Waals surface area contributed by atoms with Crippen molar-refractivity contribution in [3.8, 4) is 0 Å². The number of rotatable bonds is 1. The first-order valence-corrected chi connectivity index (χ1v) is 5.84. The second-order valence-electron chi connectivity index (χ2n) is 3.73. The Bertz CT molecular complexity index is 423. The molecule has 0 radical (unpaired) electrons. The zero-order valence-electron chi connectivity index (χ0n) is 8.90. The Morgan fingerprint density at radius 1 is 1.69 bits per heavy atom. The summed E-state index contributed by atoms with van der Waals surface area (Å²) in [5.41, 5.74) is 6.23. The van der Waals surface area contributed by atoms with E-state index in [0.717, 1.165) is 16.8 Å². The molecular weight excluding hydrogens is 272 g/mol. The molecule has 1 unspecified atom stereocenters. The number of nitrogens with two attached hydrogens (primary N) is 1. The summed E-state index contributed by atoms with van der Waals surface area (Å²) in [5.74, 6) is 0.785. The SMILES string of the molecule is CC1C(=O)NCCN1c1ncc(N)cc1Br. The van der Waals surface area contributed by atoms with Crippen LogP contribution in [0, 0.1) is 0 Å². The number of amides is 1. The highest BCUT2D eigenvalue weighted by Gasteiger charge is 2.27. The predicted molar refractivity (Wildman–Crippen MR) is 66.2 cm³/mol. The van der Waals surface area contributed by atoms with Gasteiger partial charge in [0.25, 0.3) is 0 Å². The van der Waals surface area contributed by atoms with Gasteiger partial charge in [0.05, 0.1) is 16.4 Å². The van der Waals surface area contributed by atoms with E-state index in [0.29, 0.717) is 12.2 Å². The summed E-state index contributed by atoms with van der Waals surface area (Å²) in [6.07, 6.45) is 1.60. The average Bonchev–Trinajstić information content (AvgIpc) is 2.23. The van der Waals surface area contributed by atoms with Crippen LogP contribution >= 0.6 is 15.9 Å². The molecule has 2 rings (SSSR count). The Kier molecular flexibility index (Phi) is 3.00. The standard InChI is InChI=1S/C10H13BrN4O/c1-6-10(16)13-2-3-15(6)9-8(11)4-7(12)5-14-9/h4-6H,2-3,12H2,1H3,(H,13,16). The Labute approximate surface area is 102 Å². The molecule has 2 heterocycles. The Hall–Kier alpha value is -1.30. The molecule has 1 aliphatic heterocycles. The van der Waals surface area contributed by atoms with Crippen LogP contribution in [0.3, 0.4) is 0 Å². The first kappa shape index (κ1) is 11.2. The Morgan fingerprint density at radius 2 is 2.44 bits per heavy atom. The highest BCUT2D eigenvalue weighted by Crippen LogP contribution is 2.27. The van der Waals surface area contributed by atoms with Gasteiger partial charge in [-0.15, -0.1) is 0 Å². The smallest absolute Gasteiger partial charge is 0.242 e. The number of halogens is 1. The van der Waals surface area contributed by atoms with E-state index in [4.69, 9.17) is 5.73 Å². The van der Waals surface area contributed by atoms with E-state index in [2.05, 4.69) is 26.2 Å². The summed E-state index contributed by atoms with van der Waals surface area (Å²) in [5, 5.41) is 2.81. The van der Waals surface area contributed by atoms with Gasteiger partial charge in [0.1, 0.15) is 11.9 Å². The van der Waals surface area contributed by atoms with E-state index in [1.807, 2.05) is 11.8 Å². The van der Waals surface area contributed by atoms with Gasteiger partial charge in [-0.1, -0.05) is 0 Å². The van der Waals surface area contributed by atoms with E-state index in [-0.39, 0.29) is 11.9 Å². The van der Waals surface area contributed by atoms with Gasteiger partial charge in [-0.25, -0.2) is 4.98 Å². The van der Waals surface area contributed by atoms with E-state index in [1.54, 1.807) is 12.3 Å². The topological polar surface area (TPSA) is 71.2 Å². The molecule has 0 aromatic carbocycles. The van der Waals surface area contributed by atoms with Gasteiger partial charge in [0.2, 0.25) is 5.91 Å². The number of anilines is 2. The van der Waals surface area contributed by atoms with E-state index >= 15 is 0 Å². The maximum absolute atomic E-state index is 11.5. The van der Waals surface area contributed by atoms with Crippen LogP contribution in [0.1, 0.15) is 6.92 Å². The molecule has 1 amide bonds. The van der Waals surface area contributed by atoms with Crippen molar-refractivity contribution in [1.82, 2.24) is 10.3 Å². The number of nitrogen functional groups attached to an aromatic ring is 1. The summed E-state index contributed by atoms with van der Waals surface area (Å²) in [4.78, 5) is 17.8. The van der Waals surface area contributed by atoms with Crippen LogP contribution in [0.25, 0.3) is 0 Å². The number of carbonyl (C=O) groups is 1. The average molecular weight is 285 g/mol. The predicted octanol–water partition coefficient (Wildman–Crippen LogP) is 0.751. The minimum Gasteiger partial charge on any atom is -0.397 e. The molecule has 0 aliphatic carbocycles. The Morgan fingerprint density at radius 3 is 3.12 bits per heavy atom. The monoisotopic (exact) mass is 284 g/mol. The Balaban J connectivity index is 2.32. The molecule has 1 atom stereocenters. The zero-order chi connectivity index (χ0) is 11.7. The van der Waals surface area contributed by atoms with Crippen molar-refractivity contribution in [2.24, 2.45) is 0 Å². The van der Waals surface area contributed by atoms with Crippen molar-refractivity contribution in [3.63, 3.8) is 0 Å². The summed E-state index contributed by atoms with van der Waals surface area (Å²) >= 11 is 3.41. The van der Waals surface area contributed by atoms with Gasteiger partial charge in [-0.3, -0.25) is 4.79 Å². The van der Waals surface area contributed by atoms with Crippen LogP contribution < -0.4 is 16.0 Å². The first-order chi connectivity index (χ1) is 7.59. The summed E-state index contributed by atoms with van der Waals surface area (Å²) < 4.78 is 0.814. The molecule has 1 aliphatic rings. The third-order valence-corrected chi connectivity index (χ3v) is 3.20. The lowest BCUT2D eigenvalue weighted by Gasteiger charge is -2.34. The largest absolute Gasteiger partial charge is 0.397 e. The molecule has 0 saturated carbocycles. The fourth-order valence-corrected chi connectivity index (χ4v) is 2.32. The molecule has 6 heteroatoms. The lowest BCUT2D eigenvalue weighted by Crippen LogP contribution is -2.54. The molecule has 16 heavy (non-hydrogen) atoms. The molecule has 1 saturated heterocycles. The van der Waals surface area contributed by atoms with E-state index < -0.39 is 0 Å². The van der Waals surface area contributed by atoms with Crippen molar-refractivity contribution in [1.29, 1.82) is 0 Å². The molecule has 0 bridgehead atoms. The van der Waals surface area contributed by atoms with E-state index in [1.165, 1.54) is 0 Å². The van der Waals surface area contributed by atoms with Crippen LogP contribution in [0.15, 0.2) is 16.7 Å².